The molecule has 0 atom stereocenters. The maximum Gasteiger partial charge on any atom is 0.331 e. The number of amides is 1. The van der Waals surface area contributed by atoms with Crippen LogP contribution < -0.4 is 4.74 Å². The molecule has 7 heteroatoms. The van der Waals surface area contributed by atoms with Crippen LogP contribution in [0.15, 0.2) is 48.5 Å². The van der Waals surface area contributed by atoms with E-state index in [2.05, 4.69) is 0 Å². The number of likely N-dealkylation sites (N-methyl/N-ethyl adjacent to an activating group) is 1. The van der Waals surface area contributed by atoms with Crippen molar-refractivity contribution in [2.24, 2.45) is 0 Å². The smallest absolute Gasteiger partial charge is 0.331 e. The molecule has 0 heterocycles. The van der Waals surface area contributed by atoms with Crippen LogP contribution in [0.3, 0.4) is 0 Å². The first-order chi connectivity index (χ1) is 12.9. The van der Waals surface area contributed by atoms with Gasteiger partial charge in [-0.05, 0) is 35.9 Å². The Morgan fingerprint density at radius 1 is 1.07 bits per heavy atom. The third-order valence-electron chi connectivity index (χ3n) is 3.73. The highest BCUT2D eigenvalue weighted by atomic mass is 35.5. The summed E-state index contributed by atoms with van der Waals surface area (Å²) in [5.74, 6) is -0.229. The van der Waals surface area contributed by atoms with Crippen molar-refractivity contribution in [2.45, 2.75) is 6.54 Å². The Labute approximate surface area is 168 Å². The first-order valence-corrected chi connectivity index (χ1v) is 8.82. The van der Waals surface area contributed by atoms with Crippen LogP contribution in [0.1, 0.15) is 11.1 Å². The van der Waals surface area contributed by atoms with Crippen molar-refractivity contribution < 1.29 is 19.1 Å². The fourth-order valence-corrected chi connectivity index (χ4v) is 2.73. The lowest BCUT2D eigenvalue weighted by Gasteiger charge is -2.17. The Bertz CT molecular complexity index is 814. The van der Waals surface area contributed by atoms with Gasteiger partial charge < -0.3 is 14.4 Å². The highest BCUT2D eigenvalue weighted by Gasteiger charge is 2.12. The Kier molecular flexibility index (Phi) is 7.70. The first kappa shape index (κ1) is 20.8. The number of rotatable bonds is 7. The molecule has 0 spiro atoms. The zero-order chi connectivity index (χ0) is 19.8. The van der Waals surface area contributed by atoms with E-state index >= 15 is 0 Å². The minimum Gasteiger partial charge on any atom is -0.497 e. The fourth-order valence-electron chi connectivity index (χ4n) is 2.21. The quantitative estimate of drug-likeness (QED) is 0.509. The number of hydrogen-bond donors (Lipinski definition) is 0. The van der Waals surface area contributed by atoms with E-state index in [4.69, 9.17) is 32.7 Å². The molecular weight excluding hydrogens is 389 g/mol. The molecule has 0 saturated carbocycles. The van der Waals surface area contributed by atoms with Gasteiger partial charge in [0.15, 0.2) is 6.61 Å². The van der Waals surface area contributed by atoms with Gasteiger partial charge in [0.25, 0.3) is 5.91 Å². The van der Waals surface area contributed by atoms with Crippen molar-refractivity contribution in [3.63, 3.8) is 0 Å². The van der Waals surface area contributed by atoms with Crippen LogP contribution in [0.25, 0.3) is 6.08 Å². The average Bonchev–Trinajstić information content (AvgIpc) is 2.66. The number of ether oxygens (including phenoxy) is 2. The van der Waals surface area contributed by atoms with Crippen LogP contribution in [-0.4, -0.2) is 37.5 Å². The van der Waals surface area contributed by atoms with E-state index in [1.807, 2.05) is 24.3 Å². The van der Waals surface area contributed by atoms with E-state index in [1.165, 1.54) is 17.1 Å². The highest BCUT2D eigenvalue weighted by Crippen LogP contribution is 2.25. The van der Waals surface area contributed by atoms with Crippen LogP contribution in [-0.2, 0) is 20.9 Å². The van der Waals surface area contributed by atoms with Crippen molar-refractivity contribution in [3.05, 3.63) is 69.7 Å². The number of methoxy groups -OCH3 is 1. The average molecular weight is 408 g/mol. The lowest BCUT2D eigenvalue weighted by Crippen LogP contribution is -2.30. The summed E-state index contributed by atoms with van der Waals surface area (Å²) < 4.78 is 10.1. The molecule has 0 aliphatic heterocycles. The standard InChI is InChI=1S/C20H19Cl2NO4/c1-23(12-14-6-8-15(26-2)9-7-14)19(24)13-27-20(25)11-10-16-17(21)4-3-5-18(16)22/h3-11H,12-13H2,1-2H3. The lowest BCUT2D eigenvalue weighted by atomic mass is 10.2. The van der Waals surface area contributed by atoms with Gasteiger partial charge in [-0.25, -0.2) is 4.79 Å². The van der Waals surface area contributed by atoms with Crippen molar-refractivity contribution in [3.8, 4) is 5.75 Å². The Morgan fingerprint density at radius 2 is 1.70 bits per heavy atom. The molecule has 5 nitrogen and oxygen atoms in total. The molecule has 0 fully saturated rings. The topological polar surface area (TPSA) is 55.8 Å². The predicted molar refractivity (Wildman–Crippen MR) is 106 cm³/mol. The van der Waals surface area contributed by atoms with E-state index in [9.17, 15) is 9.59 Å². The van der Waals surface area contributed by atoms with Gasteiger partial charge >= 0.3 is 5.97 Å². The minimum atomic E-state index is -0.655. The molecular formula is C20H19Cl2NO4. The molecule has 0 aromatic heterocycles. The highest BCUT2D eigenvalue weighted by molar-refractivity contribution is 6.37. The van der Waals surface area contributed by atoms with Gasteiger partial charge in [0.2, 0.25) is 0 Å². The van der Waals surface area contributed by atoms with Crippen LogP contribution in [0, 0.1) is 0 Å². The van der Waals surface area contributed by atoms with Gasteiger partial charge in [-0.2, -0.15) is 0 Å². The summed E-state index contributed by atoms with van der Waals surface area (Å²) in [5, 5.41) is 0.837. The number of carbonyl (C=O) groups excluding carboxylic acids is 2. The third kappa shape index (κ3) is 6.31. The van der Waals surface area contributed by atoms with E-state index in [0.29, 0.717) is 22.2 Å². The zero-order valence-corrected chi connectivity index (χ0v) is 16.5. The lowest BCUT2D eigenvalue weighted by molar-refractivity contribution is -0.147. The molecule has 0 bridgehead atoms. The molecule has 2 rings (SSSR count). The number of carbonyl (C=O) groups is 2. The normalized spacial score (nSPS) is 10.7. The van der Waals surface area contributed by atoms with E-state index in [1.54, 1.807) is 32.4 Å². The van der Waals surface area contributed by atoms with Crippen molar-refractivity contribution in [1.29, 1.82) is 0 Å². The molecule has 1 amide bonds. The van der Waals surface area contributed by atoms with Crippen molar-refractivity contribution >= 4 is 41.2 Å². The van der Waals surface area contributed by atoms with Gasteiger partial charge in [0.1, 0.15) is 5.75 Å². The van der Waals surface area contributed by atoms with Crippen LogP contribution >= 0.6 is 23.2 Å². The van der Waals surface area contributed by atoms with Crippen molar-refractivity contribution in [1.82, 2.24) is 4.90 Å². The van der Waals surface area contributed by atoms with Crippen LogP contribution in [0.2, 0.25) is 10.0 Å². The number of hydrogen-bond acceptors (Lipinski definition) is 4. The van der Waals surface area contributed by atoms with Crippen molar-refractivity contribution in [2.75, 3.05) is 20.8 Å². The molecule has 0 aliphatic carbocycles. The van der Waals surface area contributed by atoms with Gasteiger partial charge in [0, 0.05) is 35.3 Å². The maximum atomic E-state index is 12.1. The third-order valence-corrected chi connectivity index (χ3v) is 4.39. The van der Waals surface area contributed by atoms with E-state index in [0.717, 1.165) is 11.3 Å². The fraction of sp³-hybridized carbons (Fsp3) is 0.200. The van der Waals surface area contributed by atoms with Gasteiger partial charge in [-0.3, -0.25) is 4.79 Å². The number of esters is 1. The molecule has 0 N–H and O–H groups in total. The molecule has 142 valence electrons. The first-order valence-electron chi connectivity index (χ1n) is 8.06. The second-order valence-corrected chi connectivity index (χ2v) is 6.49. The SMILES string of the molecule is COc1ccc(CN(C)C(=O)COC(=O)C=Cc2c(Cl)cccc2Cl)cc1. The monoisotopic (exact) mass is 407 g/mol. The summed E-state index contributed by atoms with van der Waals surface area (Å²) in [6.45, 7) is 0.0392. The molecule has 27 heavy (non-hydrogen) atoms. The predicted octanol–water partition coefficient (Wildman–Crippen LogP) is 4.22. The Hall–Kier alpha value is -2.50. The molecule has 2 aromatic rings. The molecule has 2 aromatic carbocycles. The molecule has 0 saturated heterocycles. The number of nitrogens with zero attached hydrogens (tertiary/aromatic N) is 1. The van der Waals surface area contributed by atoms with Crippen LogP contribution in [0.5, 0.6) is 5.75 Å². The maximum absolute atomic E-state index is 12.1. The number of benzene rings is 2. The second kappa shape index (κ2) is 10.00. The summed E-state index contributed by atoms with van der Waals surface area (Å²) in [6.07, 6.45) is 2.64. The van der Waals surface area contributed by atoms with Gasteiger partial charge in [-0.15, -0.1) is 0 Å². The van der Waals surface area contributed by atoms with Gasteiger partial charge in [-0.1, -0.05) is 41.4 Å². The summed E-state index contributed by atoms with van der Waals surface area (Å²) in [7, 11) is 3.23. The molecule has 0 aliphatic rings. The molecule has 0 radical (unpaired) electrons. The van der Waals surface area contributed by atoms with E-state index in [-0.39, 0.29) is 12.5 Å². The minimum absolute atomic E-state index is 0.316. The summed E-state index contributed by atoms with van der Waals surface area (Å²) >= 11 is 12.0. The number of halogens is 2. The Morgan fingerprint density at radius 3 is 2.30 bits per heavy atom. The summed E-state index contributed by atoms with van der Waals surface area (Å²) in [5.41, 5.74) is 1.45. The summed E-state index contributed by atoms with van der Waals surface area (Å²) in [4.78, 5) is 25.4. The summed E-state index contributed by atoms with van der Waals surface area (Å²) in [6, 6.07) is 12.4. The molecule has 0 unspecified atom stereocenters. The largest absolute Gasteiger partial charge is 0.497 e. The Balaban J connectivity index is 1.84. The van der Waals surface area contributed by atoms with E-state index < -0.39 is 5.97 Å². The van der Waals surface area contributed by atoms with Crippen LogP contribution in [0.4, 0.5) is 0 Å². The second-order valence-electron chi connectivity index (χ2n) is 5.67. The van der Waals surface area contributed by atoms with Gasteiger partial charge in [0.05, 0.1) is 7.11 Å². The zero-order valence-electron chi connectivity index (χ0n) is 14.9.